The van der Waals surface area contributed by atoms with Crippen LogP contribution < -0.4 is 0 Å². The summed E-state index contributed by atoms with van der Waals surface area (Å²) in [4.78, 5) is 36.3. The van der Waals surface area contributed by atoms with Gasteiger partial charge in [0.25, 0.3) is 0 Å². The third-order valence-electron chi connectivity index (χ3n) is 2.96. The van der Waals surface area contributed by atoms with E-state index >= 15 is 0 Å². The van der Waals surface area contributed by atoms with E-state index in [-0.39, 0.29) is 6.42 Å². The number of rotatable bonds is 6. The molecule has 118 valence electrons. The molecule has 0 amide bonds. The maximum atomic E-state index is 11.2. The fraction of sp³-hybridized carbons (Fsp3) is 0.385. The quantitative estimate of drug-likeness (QED) is 0.469. The predicted molar refractivity (Wildman–Crippen MR) is 81.2 cm³/mol. The van der Waals surface area contributed by atoms with Crippen LogP contribution in [0.2, 0.25) is 0 Å². The SMILES string of the molecule is CC(C)=CCc1ccc(CC(P(=O)(O)O)P(=O)(O)O)cc1. The van der Waals surface area contributed by atoms with E-state index in [4.69, 9.17) is 19.6 Å². The van der Waals surface area contributed by atoms with Crippen molar-refractivity contribution in [2.24, 2.45) is 0 Å². The van der Waals surface area contributed by atoms with Crippen LogP contribution in [-0.4, -0.2) is 25.0 Å². The molecule has 6 nitrogen and oxygen atoms in total. The molecule has 0 saturated carbocycles. The zero-order chi connectivity index (χ0) is 16.3. The first-order valence-corrected chi connectivity index (χ1v) is 9.68. The molecule has 0 unspecified atom stereocenters. The highest BCUT2D eigenvalue weighted by Gasteiger charge is 2.43. The fourth-order valence-electron chi connectivity index (χ4n) is 1.78. The molecule has 1 aromatic carbocycles. The number of allylic oxidation sites excluding steroid dienone is 2. The molecule has 0 aromatic heterocycles. The van der Waals surface area contributed by atoms with Gasteiger partial charge in [0.05, 0.1) is 0 Å². The zero-order valence-electron chi connectivity index (χ0n) is 11.9. The Hall–Kier alpha value is -0.740. The Labute approximate surface area is 123 Å². The van der Waals surface area contributed by atoms with Crippen molar-refractivity contribution in [3.63, 3.8) is 0 Å². The van der Waals surface area contributed by atoms with Gasteiger partial charge in [-0.1, -0.05) is 35.9 Å². The lowest BCUT2D eigenvalue weighted by Gasteiger charge is -2.19. The van der Waals surface area contributed by atoms with Crippen LogP contribution >= 0.6 is 15.2 Å². The number of hydrogen-bond donors (Lipinski definition) is 4. The summed E-state index contributed by atoms with van der Waals surface area (Å²) in [5, 5.41) is -1.99. The standard InChI is InChI=1S/C13H20O6P2/c1-10(2)3-4-11-5-7-12(8-6-11)9-13(20(14,15)16)21(17,18)19/h3,5-8,13H,4,9H2,1-2H3,(H2,14,15,16)(H2,17,18,19). The van der Waals surface area contributed by atoms with Crippen molar-refractivity contribution in [1.82, 2.24) is 0 Å². The summed E-state index contributed by atoms with van der Waals surface area (Å²) in [7, 11) is -9.75. The minimum absolute atomic E-state index is 0.364. The molecule has 0 fully saturated rings. The maximum Gasteiger partial charge on any atom is 0.341 e. The first-order valence-electron chi connectivity index (χ1n) is 6.32. The Kier molecular flexibility index (Phi) is 6.11. The van der Waals surface area contributed by atoms with Gasteiger partial charge in [-0.3, -0.25) is 9.13 Å². The smallest absolute Gasteiger partial charge is 0.324 e. The van der Waals surface area contributed by atoms with Crippen LogP contribution in [0.1, 0.15) is 25.0 Å². The first kappa shape index (κ1) is 18.3. The van der Waals surface area contributed by atoms with E-state index in [1.165, 1.54) is 5.57 Å². The molecule has 0 atom stereocenters. The fourth-order valence-corrected chi connectivity index (χ4v) is 4.24. The lowest BCUT2D eigenvalue weighted by molar-refractivity contribution is 0.338. The van der Waals surface area contributed by atoms with Crippen molar-refractivity contribution < 1.29 is 28.7 Å². The van der Waals surface area contributed by atoms with Gasteiger partial charge in [-0.15, -0.1) is 0 Å². The van der Waals surface area contributed by atoms with Crippen molar-refractivity contribution in [2.45, 2.75) is 32.1 Å². The Morgan fingerprint density at radius 2 is 1.43 bits per heavy atom. The summed E-state index contributed by atoms with van der Waals surface area (Å²) in [6, 6.07) is 6.83. The monoisotopic (exact) mass is 334 g/mol. The van der Waals surface area contributed by atoms with Crippen LogP contribution in [-0.2, 0) is 22.0 Å². The molecule has 8 heteroatoms. The topological polar surface area (TPSA) is 115 Å². The van der Waals surface area contributed by atoms with Crippen molar-refractivity contribution in [3.05, 3.63) is 47.0 Å². The number of benzene rings is 1. The summed E-state index contributed by atoms with van der Waals surface area (Å²) in [6.45, 7) is 3.97. The molecule has 0 aliphatic carbocycles. The summed E-state index contributed by atoms with van der Waals surface area (Å²) >= 11 is 0. The summed E-state index contributed by atoms with van der Waals surface area (Å²) < 4.78 is 22.4. The van der Waals surface area contributed by atoms with E-state index in [1.807, 2.05) is 19.9 Å². The molecule has 0 aliphatic heterocycles. The van der Waals surface area contributed by atoms with E-state index in [1.54, 1.807) is 24.3 Å². The highest BCUT2D eigenvalue weighted by atomic mass is 31.2. The third kappa shape index (κ3) is 6.27. The van der Waals surface area contributed by atoms with Crippen molar-refractivity contribution in [1.29, 1.82) is 0 Å². The van der Waals surface area contributed by atoms with Gasteiger partial charge < -0.3 is 19.6 Å². The lowest BCUT2D eigenvalue weighted by Crippen LogP contribution is -2.12. The van der Waals surface area contributed by atoms with Crippen molar-refractivity contribution in [3.8, 4) is 0 Å². The van der Waals surface area contributed by atoms with Gasteiger partial charge in [0.2, 0.25) is 0 Å². The highest BCUT2D eigenvalue weighted by Crippen LogP contribution is 2.60. The van der Waals surface area contributed by atoms with E-state index < -0.39 is 20.6 Å². The second-order valence-corrected chi connectivity index (χ2v) is 9.18. The average Bonchev–Trinajstić information content (AvgIpc) is 2.32. The third-order valence-corrected chi connectivity index (χ3v) is 6.69. The van der Waals surface area contributed by atoms with Gasteiger partial charge in [-0.25, -0.2) is 0 Å². The van der Waals surface area contributed by atoms with Gasteiger partial charge in [0, 0.05) is 0 Å². The largest absolute Gasteiger partial charge is 0.341 e. The molecule has 0 bridgehead atoms. The molecule has 4 N–H and O–H groups in total. The highest BCUT2D eigenvalue weighted by molar-refractivity contribution is 7.70. The molecular weight excluding hydrogens is 314 g/mol. The summed E-state index contributed by atoms with van der Waals surface area (Å²) in [5.41, 5.74) is 2.68. The zero-order valence-corrected chi connectivity index (χ0v) is 13.7. The Morgan fingerprint density at radius 1 is 1.00 bits per heavy atom. The minimum Gasteiger partial charge on any atom is -0.324 e. The van der Waals surface area contributed by atoms with Crippen LogP contribution in [0.15, 0.2) is 35.9 Å². The molecule has 0 aliphatic rings. The van der Waals surface area contributed by atoms with Crippen molar-refractivity contribution in [2.75, 3.05) is 0 Å². The van der Waals surface area contributed by atoms with Gasteiger partial charge in [0.15, 0.2) is 5.40 Å². The van der Waals surface area contributed by atoms with Crippen LogP contribution in [0.5, 0.6) is 0 Å². The molecule has 0 heterocycles. The second-order valence-electron chi connectivity index (χ2n) is 5.17. The van der Waals surface area contributed by atoms with Crippen molar-refractivity contribution >= 4 is 15.2 Å². The first-order chi connectivity index (χ1) is 9.50. The average molecular weight is 334 g/mol. The normalized spacial score (nSPS) is 12.5. The van der Waals surface area contributed by atoms with Gasteiger partial charge in [0.1, 0.15) is 0 Å². The lowest BCUT2D eigenvalue weighted by atomic mass is 10.1. The molecule has 1 rings (SSSR count). The number of hydrogen-bond acceptors (Lipinski definition) is 2. The summed E-state index contributed by atoms with van der Waals surface area (Å²) in [5.74, 6) is 0. The van der Waals surface area contributed by atoms with E-state index in [2.05, 4.69) is 0 Å². The minimum atomic E-state index is -4.87. The molecule has 1 aromatic rings. The molecule has 21 heavy (non-hydrogen) atoms. The van der Waals surface area contributed by atoms with Crippen LogP contribution in [0, 0.1) is 0 Å². The Morgan fingerprint density at radius 3 is 1.81 bits per heavy atom. The van der Waals surface area contributed by atoms with E-state index in [0.717, 1.165) is 12.0 Å². The molecule has 0 saturated heterocycles. The predicted octanol–water partition coefficient (Wildman–Crippen LogP) is 2.42. The van der Waals surface area contributed by atoms with Crippen LogP contribution in [0.25, 0.3) is 0 Å². The van der Waals surface area contributed by atoms with E-state index in [0.29, 0.717) is 5.56 Å². The second kappa shape index (κ2) is 7.01. The van der Waals surface area contributed by atoms with Gasteiger partial charge >= 0.3 is 15.2 Å². The molecular formula is C13H20O6P2. The van der Waals surface area contributed by atoms with Crippen LogP contribution in [0.3, 0.4) is 0 Å². The Bertz CT molecular complexity index is 570. The molecule has 0 radical (unpaired) electrons. The van der Waals surface area contributed by atoms with Gasteiger partial charge in [-0.05, 0) is 37.8 Å². The van der Waals surface area contributed by atoms with Gasteiger partial charge in [-0.2, -0.15) is 0 Å². The maximum absolute atomic E-state index is 11.2. The Balaban J connectivity index is 2.90. The summed E-state index contributed by atoms with van der Waals surface area (Å²) in [6.07, 6.45) is 2.42. The van der Waals surface area contributed by atoms with E-state index in [9.17, 15) is 9.13 Å². The molecule has 0 spiro atoms. The van der Waals surface area contributed by atoms with Crippen LogP contribution in [0.4, 0.5) is 0 Å².